The lowest BCUT2D eigenvalue weighted by molar-refractivity contribution is 0.0951. The maximum Gasteiger partial charge on any atom is 0.228 e. The summed E-state index contributed by atoms with van der Waals surface area (Å²) in [5.74, 6) is 1.38. The number of ether oxygens (including phenoxy) is 1. The Morgan fingerprint density at radius 3 is 2.88 bits per heavy atom. The number of thioether (sulfide) groups is 1. The second-order valence-corrected chi connectivity index (χ2v) is 9.63. The number of H-pyrrole nitrogens is 1. The highest BCUT2D eigenvalue weighted by atomic mass is 32.2. The molecule has 32 heavy (non-hydrogen) atoms. The molecule has 170 valence electrons. The van der Waals surface area contributed by atoms with E-state index < -0.39 is 0 Å². The second kappa shape index (κ2) is 9.67. The number of benzene rings is 1. The van der Waals surface area contributed by atoms with Gasteiger partial charge in [-0.15, -0.1) is 10.2 Å². The average Bonchev–Trinajstić information content (AvgIpc) is 3.58. The molecule has 2 aromatic heterocycles. The summed E-state index contributed by atoms with van der Waals surface area (Å²) in [5, 5.41) is 10.8. The number of ketones is 1. The van der Waals surface area contributed by atoms with Crippen molar-refractivity contribution >= 4 is 34.4 Å². The Balaban J connectivity index is 1.35. The van der Waals surface area contributed by atoms with E-state index in [0.717, 1.165) is 73.1 Å². The van der Waals surface area contributed by atoms with Gasteiger partial charge in [0.1, 0.15) is 0 Å². The molecule has 1 unspecified atom stereocenters. The zero-order valence-electron chi connectivity index (χ0n) is 18.7. The molecular weight excluding hydrogens is 422 g/mol. The summed E-state index contributed by atoms with van der Waals surface area (Å²) in [6.45, 7) is 5.74. The van der Waals surface area contributed by atoms with Gasteiger partial charge in [0, 0.05) is 42.4 Å². The third-order valence-corrected chi connectivity index (χ3v) is 7.53. The monoisotopic (exact) mass is 453 g/mol. The summed E-state index contributed by atoms with van der Waals surface area (Å²) in [6, 6.07) is 6.16. The van der Waals surface area contributed by atoms with Crippen molar-refractivity contribution in [3.8, 4) is 0 Å². The van der Waals surface area contributed by atoms with Gasteiger partial charge in [-0.3, -0.25) is 9.36 Å². The van der Waals surface area contributed by atoms with Crippen molar-refractivity contribution in [2.75, 3.05) is 30.3 Å². The highest BCUT2D eigenvalue weighted by Gasteiger charge is 2.25. The first-order valence-electron chi connectivity index (χ1n) is 11.8. The smallest absolute Gasteiger partial charge is 0.228 e. The Morgan fingerprint density at radius 2 is 2.09 bits per heavy atom. The van der Waals surface area contributed by atoms with E-state index in [0.29, 0.717) is 5.75 Å². The van der Waals surface area contributed by atoms with Crippen LogP contribution in [0, 0.1) is 0 Å². The molecule has 1 N–H and O–H groups in total. The SMILES string of the molecule is CCc1cccc2c(C(=O)CSc3nnc(N4CCCCC4)n3CC3CCCO3)c[nH]c12. The van der Waals surface area contributed by atoms with Crippen molar-refractivity contribution in [1.29, 1.82) is 0 Å². The number of aromatic nitrogens is 4. The van der Waals surface area contributed by atoms with Gasteiger partial charge in [-0.05, 0) is 44.1 Å². The Bertz CT molecular complexity index is 1080. The lowest BCUT2D eigenvalue weighted by Gasteiger charge is -2.28. The zero-order valence-corrected chi connectivity index (χ0v) is 19.5. The molecule has 3 aromatic rings. The van der Waals surface area contributed by atoms with E-state index in [-0.39, 0.29) is 11.9 Å². The molecule has 8 heteroatoms. The summed E-state index contributed by atoms with van der Waals surface area (Å²) in [6.07, 6.45) is 8.81. The highest BCUT2D eigenvalue weighted by molar-refractivity contribution is 7.99. The predicted octanol–water partition coefficient (Wildman–Crippen LogP) is 4.47. The Hall–Kier alpha value is -2.32. The van der Waals surface area contributed by atoms with Crippen LogP contribution in [-0.2, 0) is 17.7 Å². The topological polar surface area (TPSA) is 76.0 Å². The van der Waals surface area contributed by atoms with Gasteiger partial charge in [0.05, 0.1) is 18.4 Å². The molecule has 2 aliphatic heterocycles. The molecule has 7 nitrogen and oxygen atoms in total. The maximum atomic E-state index is 13.1. The third kappa shape index (κ3) is 4.30. The third-order valence-electron chi connectivity index (χ3n) is 6.56. The minimum absolute atomic E-state index is 0.112. The zero-order chi connectivity index (χ0) is 21.9. The van der Waals surface area contributed by atoms with Crippen molar-refractivity contribution in [2.45, 2.75) is 63.3 Å². The number of carbonyl (C=O) groups is 1. The Labute approximate surface area is 192 Å². The van der Waals surface area contributed by atoms with E-state index in [2.05, 4.69) is 37.6 Å². The summed E-state index contributed by atoms with van der Waals surface area (Å²) in [4.78, 5) is 18.8. The number of aryl methyl sites for hydroxylation is 1. The number of piperidine rings is 1. The first-order chi connectivity index (χ1) is 15.7. The normalized spacial score (nSPS) is 19.2. The molecule has 0 saturated carbocycles. The molecule has 0 bridgehead atoms. The molecule has 4 heterocycles. The quantitative estimate of drug-likeness (QED) is 0.401. The predicted molar refractivity (Wildman–Crippen MR) is 128 cm³/mol. The van der Waals surface area contributed by atoms with Crippen LogP contribution in [0.5, 0.6) is 0 Å². The number of anilines is 1. The maximum absolute atomic E-state index is 13.1. The number of para-hydroxylation sites is 1. The van der Waals surface area contributed by atoms with Crippen LogP contribution in [0.1, 0.15) is 54.9 Å². The number of carbonyl (C=O) groups excluding carboxylic acids is 1. The molecule has 2 fully saturated rings. The summed E-state index contributed by atoms with van der Waals surface area (Å²) >= 11 is 1.48. The number of hydrogen-bond acceptors (Lipinski definition) is 6. The summed E-state index contributed by atoms with van der Waals surface area (Å²) in [7, 11) is 0. The number of hydrogen-bond donors (Lipinski definition) is 1. The van der Waals surface area contributed by atoms with Gasteiger partial charge in [0.15, 0.2) is 10.9 Å². The molecule has 2 saturated heterocycles. The second-order valence-electron chi connectivity index (χ2n) is 8.68. The minimum atomic E-state index is 0.112. The van der Waals surface area contributed by atoms with Crippen molar-refractivity contribution in [2.24, 2.45) is 0 Å². The van der Waals surface area contributed by atoms with Crippen molar-refractivity contribution in [1.82, 2.24) is 19.7 Å². The van der Waals surface area contributed by atoms with Crippen LogP contribution in [0.2, 0.25) is 0 Å². The van der Waals surface area contributed by atoms with Gasteiger partial charge in [0.25, 0.3) is 0 Å². The van der Waals surface area contributed by atoms with E-state index in [4.69, 9.17) is 4.74 Å². The highest BCUT2D eigenvalue weighted by Crippen LogP contribution is 2.29. The average molecular weight is 454 g/mol. The van der Waals surface area contributed by atoms with E-state index in [1.165, 1.54) is 36.6 Å². The number of Topliss-reactive ketones (excluding diaryl/α,β-unsaturated/α-hetero) is 1. The first kappa shape index (κ1) is 21.5. The Kier molecular flexibility index (Phi) is 6.50. The van der Waals surface area contributed by atoms with Crippen molar-refractivity contribution < 1.29 is 9.53 Å². The standard InChI is InChI=1S/C24H31N5O2S/c1-2-17-8-6-10-19-20(14-25-22(17)19)21(30)16-32-24-27-26-23(28-11-4-3-5-12-28)29(24)15-18-9-7-13-31-18/h6,8,10,14,18,25H,2-5,7,9,11-13,15-16H2,1H3. The number of nitrogens with zero attached hydrogens (tertiary/aromatic N) is 4. The van der Waals surface area contributed by atoms with Crippen LogP contribution in [0.15, 0.2) is 29.6 Å². The molecule has 1 atom stereocenters. The van der Waals surface area contributed by atoms with Crippen molar-refractivity contribution in [3.05, 3.63) is 35.5 Å². The molecule has 5 rings (SSSR count). The molecule has 0 aliphatic carbocycles. The van der Waals surface area contributed by atoms with Gasteiger partial charge in [-0.25, -0.2) is 0 Å². The van der Waals surface area contributed by atoms with Crippen LogP contribution in [-0.4, -0.2) is 57.1 Å². The fourth-order valence-corrected chi connectivity index (χ4v) is 5.64. The molecule has 0 radical (unpaired) electrons. The van der Waals surface area contributed by atoms with E-state index in [1.807, 2.05) is 18.3 Å². The number of rotatable bonds is 8. The van der Waals surface area contributed by atoms with Crippen LogP contribution >= 0.6 is 11.8 Å². The number of fused-ring (bicyclic) bond motifs is 1. The fourth-order valence-electron chi connectivity index (χ4n) is 4.82. The summed E-state index contributed by atoms with van der Waals surface area (Å²) in [5.41, 5.74) is 3.05. The lowest BCUT2D eigenvalue weighted by atomic mass is 10.1. The van der Waals surface area contributed by atoms with Crippen LogP contribution < -0.4 is 4.90 Å². The van der Waals surface area contributed by atoms with E-state index >= 15 is 0 Å². The molecule has 1 aromatic carbocycles. The molecule has 2 aliphatic rings. The first-order valence-corrected chi connectivity index (χ1v) is 12.8. The Morgan fingerprint density at radius 1 is 1.22 bits per heavy atom. The summed E-state index contributed by atoms with van der Waals surface area (Å²) < 4.78 is 8.09. The van der Waals surface area contributed by atoms with Gasteiger partial charge in [0.2, 0.25) is 5.95 Å². The molecule has 0 spiro atoms. The molecule has 0 amide bonds. The van der Waals surface area contributed by atoms with Crippen LogP contribution in [0.25, 0.3) is 10.9 Å². The van der Waals surface area contributed by atoms with Gasteiger partial charge in [-0.2, -0.15) is 0 Å². The molecular formula is C24H31N5O2S. The number of aromatic amines is 1. The van der Waals surface area contributed by atoms with E-state index in [1.54, 1.807) is 0 Å². The lowest BCUT2D eigenvalue weighted by Crippen LogP contribution is -2.33. The van der Waals surface area contributed by atoms with Crippen molar-refractivity contribution in [3.63, 3.8) is 0 Å². The van der Waals surface area contributed by atoms with Gasteiger partial charge < -0.3 is 14.6 Å². The van der Waals surface area contributed by atoms with E-state index in [9.17, 15) is 4.79 Å². The van der Waals surface area contributed by atoms with Gasteiger partial charge >= 0.3 is 0 Å². The van der Waals surface area contributed by atoms with Gasteiger partial charge in [-0.1, -0.05) is 36.9 Å². The fraction of sp³-hybridized carbons (Fsp3) is 0.542. The number of nitrogens with one attached hydrogen (secondary N) is 1. The van der Waals surface area contributed by atoms with Crippen LogP contribution in [0.4, 0.5) is 5.95 Å². The van der Waals surface area contributed by atoms with Crippen LogP contribution in [0.3, 0.4) is 0 Å². The minimum Gasteiger partial charge on any atom is -0.376 e. The largest absolute Gasteiger partial charge is 0.376 e.